The number of benzene rings is 1. The third kappa shape index (κ3) is 6.52. The van der Waals surface area contributed by atoms with E-state index in [-0.39, 0.29) is 13.4 Å². The van der Waals surface area contributed by atoms with E-state index in [2.05, 4.69) is 14.0 Å². The molecule has 1 aromatic rings. The highest BCUT2D eigenvalue weighted by Crippen LogP contribution is 2.16. The minimum atomic E-state index is -0.242. The molecule has 1 fully saturated rings. The molecule has 1 aromatic carbocycles. The van der Waals surface area contributed by atoms with Crippen molar-refractivity contribution in [3.05, 3.63) is 29.8 Å². The topological polar surface area (TPSA) is 35.5 Å². The monoisotopic (exact) mass is 336 g/mol. The van der Waals surface area contributed by atoms with Crippen LogP contribution in [0.25, 0.3) is 0 Å². The van der Waals surface area contributed by atoms with Crippen molar-refractivity contribution < 1.29 is 18.8 Å². The van der Waals surface area contributed by atoms with Gasteiger partial charge in [0.1, 0.15) is 18.9 Å². The van der Waals surface area contributed by atoms with Gasteiger partial charge in [0, 0.05) is 0 Å². The summed E-state index contributed by atoms with van der Waals surface area (Å²) in [4.78, 5) is 12.1. The normalized spacial score (nSPS) is 16.1. The summed E-state index contributed by atoms with van der Waals surface area (Å²) in [6, 6.07) is 7.23. The first-order valence-corrected chi connectivity index (χ1v) is 8.86. The van der Waals surface area contributed by atoms with Crippen LogP contribution in [0.3, 0.4) is 0 Å². The number of nitrogens with zero attached hydrogens (tertiary/aromatic N) is 1. The highest BCUT2D eigenvalue weighted by molar-refractivity contribution is 5.89. The van der Waals surface area contributed by atoms with Crippen molar-refractivity contribution in [3.8, 4) is 5.75 Å². The zero-order valence-corrected chi connectivity index (χ0v) is 14.6. The summed E-state index contributed by atoms with van der Waals surface area (Å²) in [6.45, 7) is 6.64. The fourth-order valence-electron chi connectivity index (χ4n) is 2.96. The number of esters is 1. The van der Waals surface area contributed by atoms with E-state index in [9.17, 15) is 4.79 Å². The number of piperidine rings is 1. The second-order valence-electron chi connectivity index (χ2n) is 6.71. The molecule has 1 aliphatic heterocycles. The van der Waals surface area contributed by atoms with Crippen LogP contribution in [0, 0.1) is 0 Å². The van der Waals surface area contributed by atoms with E-state index >= 15 is 0 Å². The average molecular weight is 336 g/mol. The summed E-state index contributed by atoms with van der Waals surface area (Å²) < 4.78 is 12.1. The Kier molecular flexibility index (Phi) is 8.83. The second-order valence-corrected chi connectivity index (χ2v) is 6.71. The molecule has 1 heterocycles. The van der Waals surface area contributed by atoms with E-state index in [0.29, 0.717) is 12.2 Å². The molecule has 1 saturated heterocycles. The molecule has 24 heavy (non-hydrogen) atoms. The first-order valence-electron chi connectivity index (χ1n) is 8.86. The van der Waals surface area contributed by atoms with Crippen LogP contribution in [-0.2, 0) is 4.74 Å². The van der Waals surface area contributed by atoms with Crippen molar-refractivity contribution >= 4 is 5.97 Å². The van der Waals surface area contributed by atoms with Crippen molar-refractivity contribution in [2.75, 3.05) is 39.9 Å². The maximum absolute atomic E-state index is 12.1. The number of hydrogen-bond donors (Lipinski definition) is 0. The number of rotatable bonds is 8. The van der Waals surface area contributed by atoms with Crippen LogP contribution in [0.1, 0.15) is 56.8 Å². The zero-order chi connectivity index (χ0) is 16.5. The molecule has 4 nitrogen and oxygen atoms in total. The maximum Gasteiger partial charge on any atom is 0.338 e. The molecule has 0 N–H and O–H groups in total. The van der Waals surface area contributed by atoms with Gasteiger partial charge in [-0.15, -0.1) is 0 Å². The Morgan fingerprint density at radius 2 is 1.75 bits per heavy atom. The van der Waals surface area contributed by atoms with Gasteiger partial charge in [-0.25, -0.2) is 4.79 Å². The quantitative estimate of drug-likeness (QED) is 0.404. The average Bonchev–Trinajstić information content (AvgIpc) is 2.56. The van der Waals surface area contributed by atoms with Gasteiger partial charge < -0.3 is 14.0 Å². The molecule has 0 aliphatic carbocycles. The first kappa shape index (κ1) is 20.5. The lowest BCUT2D eigenvalue weighted by atomic mass is 10.1. The van der Waals surface area contributed by atoms with Crippen molar-refractivity contribution in [2.45, 2.75) is 46.5 Å². The lowest BCUT2D eigenvalue weighted by Crippen LogP contribution is -2.49. The Morgan fingerprint density at radius 3 is 2.38 bits per heavy atom. The third-order valence-electron chi connectivity index (χ3n) is 4.62. The van der Waals surface area contributed by atoms with Gasteiger partial charge in [-0.2, -0.15) is 0 Å². The number of carbonyl (C=O) groups is 1. The van der Waals surface area contributed by atoms with E-state index in [1.54, 1.807) is 12.1 Å². The molecule has 0 spiro atoms. The van der Waals surface area contributed by atoms with Crippen LogP contribution in [-0.4, -0.2) is 50.3 Å². The zero-order valence-electron chi connectivity index (χ0n) is 14.6. The van der Waals surface area contributed by atoms with Crippen LogP contribution in [0.5, 0.6) is 5.75 Å². The van der Waals surface area contributed by atoms with E-state index in [4.69, 9.17) is 9.47 Å². The molecule has 0 amide bonds. The summed E-state index contributed by atoms with van der Waals surface area (Å²) in [5.41, 5.74) is 0.592. The molecule has 4 heteroatoms. The molecule has 0 aromatic heterocycles. The van der Waals surface area contributed by atoms with E-state index in [0.717, 1.165) is 36.2 Å². The molecular weight excluding hydrogens is 302 g/mol. The van der Waals surface area contributed by atoms with Gasteiger partial charge in [-0.1, -0.05) is 20.8 Å². The molecule has 0 saturated carbocycles. The first-order chi connectivity index (χ1) is 11.1. The van der Waals surface area contributed by atoms with Gasteiger partial charge in [-0.3, -0.25) is 0 Å². The Bertz CT molecular complexity index is 478. The minimum Gasteiger partial charge on any atom is -0.494 e. The maximum atomic E-state index is 12.1. The van der Waals surface area contributed by atoms with E-state index < -0.39 is 0 Å². The number of likely N-dealkylation sites (tertiary alicyclic amines) is 1. The summed E-state index contributed by atoms with van der Waals surface area (Å²) in [5, 5.41) is 0. The summed E-state index contributed by atoms with van der Waals surface area (Å²) in [5.74, 6) is 0.565. The van der Waals surface area contributed by atoms with Crippen LogP contribution < -0.4 is 4.74 Å². The van der Waals surface area contributed by atoms with Gasteiger partial charge >= 0.3 is 5.97 Å². The Labute approximate surface area is 147 Å². The SMILES string of the molecule is C.CCCCOc1ccc(C(=O)OCC[N+]2(C)CCCCC2)cc1. The number of hydrogen-bond acceptors (Lipinski definition) is 3. The lowest BCUT2D eigenvalue weighted by Gasteiger charge is -2.37. The molecule has 0 bridgehead atoms. The van der Waals surface area contributed by atoms with Crippen LogP contribution in [0.15, 0.2) is 24.3 Å². The van der Waals surface area contributed by atoms with Gasteiger partial charge in [-0.05, 0) is 49.9 Å². The van der Waals surface area contributed by atoms with Crippen molar-refractivity contribution in [2.24, 2.45) is 0 Å². The molecule has 0 radical (unpaired) electrons. The molecule has 0 unspecified atom stereocenters. The number of ether oxygens (including phenoxy) is 2. The van der Waals surface area contributed by atoms with Crippen LogP contribution in [0.4, 0.5) is 0 Å². The number of carbonyl (C=O) groups excluding carboxylic acids is 1. The largest absolute Gasteiger partial charge is 0.494 e. The molecular formula is C20H34NO3+. The molecule has 1 aliphatic rings. The smallest absolute Gasteiger partial charge is 0.338 e. The highest BCUT2D eigenvalue weighted by Gasteiger charge is 2.24. The molecule has 0 atom stereocenters. The fourth-order valence-corrected chi connectivity index (χ4v) is 2.96. The summed E-state index contributed by atoms with van der Waals surface area (Å²) >= 11 is 0. The van der Waals surface area contributed by atoms with Gasteiger partial charge in [0.05, 0.1) is 32.3 Å². The van der Waals surface area contributed by atoms with E-state index in [1.165, 1.54) is 32.4 Å². The number of unbranched alkanes of at least 4 members (excludes halogenated alkanes) is 1. The van der Waals surface area contributed by atoms with E-state index in [1.807, 2.05) is 12.1 Å². The van der Waals surface area contributed by atoms with Gasteiger partial charge in [0.2, 0.25) is 0 Å². The highest BCUT2D eigenvalue weighted by atomic mass is 16.5. The summed E-state index contributed by atoms with van der Waals surface area (Å²) in [6.07, 6.45) is 6.05. The van der Waals surface area contributed by atoms with Gasteiger partial charge in [0.25, 0.3) is 0 Å². The number of likely N-dealkylation sites (N-methyl/N-ethyl adjacent to an activating group) is 1. The lowest BCUT2D eigenvalue weighted by molar-refractivity contribution is -0.914. The predicted molar refractivity (Wildman–Crippen MR) is 98.5 cm³/mol. The third-order valence-corrected chi connectivity index (χ3v) is 4.62. The Morgan fingerprint density at radius 1 is 1.08 bits per heavy atom. The summed E-state index contributed by atoms with van der Waals surface area (Å²) in [7, 11) is 2.26. The van der Waals surface area contributed by atoms with Crippen molar-refractivity contribution in [1.82, 2.24) is 0 Å². The van der Waals surface area contributed by atoms with Crippen molar-refractivity contribution in [3.63, 3.8) is 0 Å². The Hall–Kier alpha value is -1.55. The Balaban J connectivity index is 0.00000288. The molecule has 2 rings (SSSR count). The van der Waals surface area contributed by atoms with Gasteiger partial charge in [0.15, 0.2) is 0 Å². The van der Waals surface area contributed by atoms with Crippen molar-refractivity contribution in [1.29, 1.82) is 0 Å². The molecule has 136 valence electrons. The van der Waals surface area contributed by atoms with Crippen LogP contribution in [0.2, 0.25) is 0 Å². The second kappa shape index (κ2) is 10.3. The number of quaternary nitrogens is 1. The van der Waals surface area contributed by atoms with Crippen LogP contribution >= 0.6 is 0 Å². The minimum absolute atomic E-state index is 0. The fraction of sp³-hybridized carbons (Fsp3) is 0.650. The predicted octanol–water partition coefficient (Wildman–Crippen LogP) is 4.29. The standard InChI is InChI=1S/C19H30NO3.CH4/c1-3-4-15-22-18-10-8-17(9-11-18)19(21)23-16-14-20(2)12-6-5-7-13-20;/h8-11H,3-7,12-16H2,1-2H3;1H4/q+1;.